The first kappa shape index (κ1) is 26.5. The van der Waals surface area contributed by atoms with Gasteiger partial charge in [-0.15, -0.1) is 11.3 Å². The number of carbonyl (C=O) groups excluding carboxylic acids is 2. The highest BCUT2D eigenvalue weighted by Gasteiger charge is 2.48. The predicted molar refractivity (Wildman–Crippen MR) is 139 cm³/mol. The lowest BCUT2D eigenvalue weighted by atomic mass is 9.97. The molecule has 0 bridgehead atoms. The standard InChI is InChI=1S/C25H24BrF3N4O4S/c1-3-37-24(35)18-14-5-4-6-16(14)38-23(18)31-22(34)20-19(26)21-30-15(12-7-9-13(36-2)10-8-12)11-17(25(27,28)29)33(21)32-20/h7-10,15,17,30H,3-6,11H2,1-2H3,(H,31,34). The van der Waals surface area contributed by atoms with Crippen molar-refractivity contribution in [2.75, 3.05) is 24.4 Å². The summed E-state index contributed by atoms with van der Waals surface area (Å²) in [6.07, 6.45) is -2.53. The predicted octanol–water partition coefficient (Wildman–Crippen LogP) is 6.29. The van der Waals surface area contributed by atoms with Gasteiger partial charge in [0.2, 0.25) is 0 Å². The number of thiophene rings is 1. The minimum atomic E-state index is -4.60. The van der Waals surface area contributed by atoms with Crippen molar-refractivity contribution >= 4 is 50.0 Å². The number of anilines is 2. The Labute approximate surface area is 228 Å². The van der Waals surface area contributed by atoms with Crippen LogP contribution in [-0.2, 0) is 17.6 Å². The van der Waals surface area contributed by atoms with Crippen molar-refractivity contribution in [3.63, 3.8) is 0 Å². The number of hydrogen-bond acceptors (Lipinski definition) is 7. The molecule has 0 saturated heterocycles. The zero-order valence-corrected chi connectivity index (χ0v) is 22.8. The number of ether oxygens (including phenoxy) is 2. The molecule has 8 nitrogen and oxygen atoms in total. The van der Waals surface area contributed by atoms with Crippen LogP contribution in [0.2, 0.25) is 0 Å². The Morgan fingerprint density at radius 2 is 2.00 bits per heavy atom. The zero-order chi connectivity index (χ0) is 27.2. The Kier molecular flexibility index (Phi) is 7.16. The normalized spacial score (nSPS) is 18.4. The number of aromatic nitrogens is 2. The molecule has 0 saturated carbocycles. The third-order valence-electron chi connectivity index (χ3n) is 6.66. The number of rotatable bonds is 6. The van der Waals surface area contributed by atoms with Gasteiger partial charge < -0.3 is 20.1 Å². The number of aryl methyl sites for hydroxylation is 1. The van der Waals surface area contributed by atoms with Crippen LogP contribution >= 0.6 is 27.3 Å². The highest BCUT2D eigenvalue weighted by atomic mass is 79.9. The van der Waals surface area contributed by atoms with Crippen molar-refractivity contribution in [3.05, 3.63) is 56.0 Å². The van der Waals surface area contributed by atoms with E-state index in [-0.39, 0.29) is 29.0 Å². The molecule has 202 valence electrons. The van der Waals surface area contributed by atoms with Crippen LogP contribution in [0, 0.1) is 0 Å². The highest BCUT2D eigenvalue weighted by molar-refractivity contribution is 9.10. The summed E-state index contributed by atoms with van der Waals surface area (Å²) in [6, 6.07) is 4.12. The largest absolute Gasteiger partial charge is 0.497 e. The average molecular weight is 613 g/mol. The number of methoxy groups -OCH3 is 1. The van der Waals surface area contributed by atoms with E-state index in [1.165, 1.54) is 18.4 Å². The van der Waals surface area contributed by atoms with Gasteiger partial charge in [-0.05, 0) is 65.4 Å². The van der Waals surface area contributed by atoms with Crippen LogP contribution in [0.15, 0.2) is 28.7 Å². The number of hydrogen-bond donors (Lipinski definition) is 2. The maximum atomic E-state index is 14.1. The molecule has 1 aliphatic carbocycles. The van der Waals surface area contributed by atoms with E-state index in [4.69, 9.17) is 9.47 Å². The van der Waals surface area contributed by atoms with Crippen LogP contribution in [0.5, 0.6) is 5.75 Å². The second-order valence-electron chi connectivity index (χ2n) is 8.96. The molecule has 2 N–H and O–H groups in total. The smallest absolute Gasteiger partial charge is 0.410 e. The van der Waals surface area contributed by atoms with Crippen molar-refractivity contribution in [2.24, 2.45) is 0 Å². The van der Waals surface area contributed by atoms with Crippen LogP contribution in [0.4, 0.5) is 24.0 Å². The number of carbonyl (C=O) groups is 2. The van der Waals surface area contributed by atoms with Gasteiger partial charge in [-0.1, -0.05) is 12.1 Å². The van der Waals surface area contributed by atoms with Gasteiger partial charge in [-0.3, -0.25) is 4.79 Å². The lowest BCUT2D eigenvalue weighted by Gasteiger charge is -2.33. The number of nitrogens with one attached hydrogen (secondary N) is 2. The second kappa shape index (κ2) is 10.3. The first-order chi connectivity index (χ1) is 18.1. The average Bonchev–Trinajstić information content (AvgIpc) is 3.56. The van der Waals surface area contributed by atoms with Crippen LogP contribution in [0.3, 0.4) is 0 Å². The van der Waals surface area contributed by atoms with E-state index in [9.17, 15) is 22.8 Å². The first-order valence-corrected chi connectivity index (χ1v) is 13.6. The van der Waals surface area contributed by atoms with E-state index in [1.54, 1.807) is 31.2 Å². The number of fused-ring (bicyclic) bond motifs is 2. The van der Waals surface area contributed by atoms with E-state index in [0.29, 0.717) is 28.3 Å². The van der Waals surface area contributed by atoms with Crippen molar-refractivity contribution < 1.29 is 32.2 Å². The fourth-order valence-corrected chi connectivity index (χ4v) is 6.69. The highest BCUT2D eigenvalue weighted by Crippen LogP contribution is 2.47. The Balaban J connectivity index is 1.48. The minimum Gasteiger partial charge on any atom is -0.497 e. The molecule has 1 amide bonds. The molecule has 3 heterocycles. The maximum absolute atomic E-state index is 14.1. The lowest BCUT2D eigenvalue weighted by Crippen LogP contribution is -2.35. The van der Waals surface area contributed by atoms with Gasteiger partial charge in [-0.25, -0.2) is 9.48 Å². The van der Waals surface area contributed by atoms with Gasteiger partial charge in [0.1, 0.15) is 16.6 Å². The molecule has 13 heteroatoms. The van der Waals surface area contributed by atoms with E-state index in [1.807, 2.05) is 0 Å². The summed E-state index contributed by atoms with van der Waals surface area (Å²) in [5, 5.41) is 10.2. The molecule has 0 radical (unpaired) electrons. The Morgan fingerprint density at radius 1 is 1.26 bits per heavy atom. The summed E-state index contributed by atoms with van der Waals surface area (Å²) < 4.78 is 53.7. The Hall–Kier alpha value is -3.06. The summed E-state index contributed by atoms with van der Waals surface area (Å²) >= 11 is 4.59. The molecule has 0 spiro atoms. The summed E-state index contributed by atoms with van der Waals surface area (Å²) in [6.45, 7) is 1.87. The van der Waals surface area contributed by atoms with Gasteiger partial charge in [0.15, 0.2) is 11.7 Å². The molecule has 2 aliphatic rings. The van der Waals surface area contributed by atoms with Gasteiger partial charge in [0, 0.05) is 11.3 Å². The van der Waals surface area contributed by atoms with Crippen LogP contribution in [-0.4, -0.2) is 41.5 Å². The van der Waals surface area contributed by atoms with Gasteiger partial charge >= 0.3 is 12.1 Å². The minimum absolute atomic E-state index is 0.0452. The van der Waals surface area contributed by atoms with Crippen molar-refractivity contribution in [1.29, 1.82) is 0 Å². The molecule has 2 aromatic heterocycles. The zero-order valence-electron chi connectivity index (χ0n) is 20.4. The summed E-state index contributed by atoms with van der Waals surface area (Å²) in [5.41, 5.74) is 1.58. The fourth-order valence-electron chi connectivity index (χ4n) is 4.86. The summed E-state index contributed by atoms with van der Waals surface area (Å²) in [7, 11) is 1.51. The number of nitrogens with zero attached hydrogens (tertiary/aromatic N) is 2. The second-order valence-corrected chi connectivity index (χ2v) is 10.9. The van der Waals surface area contributed by atoms with Gasteiger partial charge in [-0.2, -0.15) is 18.3 Å². The first-order valence-electron chi connectivity index (χ1n) is 12.0. The van der Waals surface area contributed by atoms with Gasteiger partial charge in [0.25, 0.3) is 5.91 Å². The summed E-state index contributed by atoms with van der Waals surface area (Å²) in [5.74, 6) is -0.632. The number of esters is 1. The molecular formula is C25H24BrF3N4O4S. The quantitative estimate of drug-likeness (QED) is 0.318. The van der Waals surface area contributed by atoms with E-state index < -0.39 is 30.1 Å². The number of alkyl halides is 3. The van der Waals surface area contributed by atoms with Crippen LogP contribution in [0.25, 0.3) is 0 Å². The molecule has 0 fully saturated rings. The Morgan fingerprint density at radius 3 is 2.66 bits per heavy atom. The number of amides is 1. The molecular weight excluding hydrogens is 589 g/mol. The van der Waals surface area contributed by atoms with E-state index in [0.717, 1.165) is 28.0 Å². The maximum Gasteiger partial charge on any atom is 0.410 e. The molecule has 3 aromatic rings. The van der Waals surface area contributed by atoms with Crippen molar-refractivity contribution in [2.45, 2.75) is 50.9 Å². The summed E-state index contributed by atoms with van der Waals surface area (Å²) in [4.78, 5) is 27.0. The van der Waals surface area contributed by atoms with Gasteiger partial charge in [0.05, 0.1) is 29.8 Å². The third kappa shape index (κ3) is 4.77. The molecule has 2 unspecified atom stereocenters. The molecule has 2 atom stereocenters. The van der Waals surface area contributed by atoms with E-state index in [2.05, 4.69) is 31.7 Å². The molecule has 1 aromatic carbocycles. The fraction of sp³-hybridized carbons (Fsp3) is 0.400. The number of halogens is 4. The molecule has 1 aliphatic heterocycles. The SMILES string of the molecule is CCOC(=O)c1c(NC(=O)c2nn3c(c2Br)NC(c2ccc(OC)cc2)CC3C(F)(F)F)sc2c1CCC2. The topological polar surface area (TPSA) is 94.5 Å². The molecule has 5 rings (SSSR count). The lowest BCUT2D eigenvalue weighted by molar-refractivity contribution is -0.173. The van der Waals surface area contributed by atoms with Crippen LogP contribution < -0.4 is 15.4 Å². The third-order valence-corrected chi connectivity index (χ3v) is 8.62. The van der Waals surface area contributed by atoms with Crippen molar-refractivity contribution in [1.82, 2.24) is 9.78 Å². The monoisotopic (exact) mass is 612 g/mol. The number of benzene rings is 1. The van der Waals surface area contributed by atoms with Crippen LogP contribution in [0.1, 0.15) is 68.7 Å². The Bertz CT molecular complexity index is 1390. The van der Waals surface area contributed by atoms with Crippen molar-refractivity contribution in [3.8, 4) is 5.75 Å². The van der Waals surface area contributed by atoms with E-state index >= 15 is 0 Å². The molecule has 38 heavy (non-hydrogen) atoms.